The van der Waals surface area contributed by atoms with Gasteiger partial charge in [0.2, 0.25) is 6.43 Å². The lowest BCUT2D eigenvalue weighted by atomic mass is 9.73. The van der Waals surface area contributed by atoms with Crippen LogP contribution in [-0.4, -0.2) is 72.7 Å². The van der Waals surface area contributed by atoms with Crippen molar-refractivity contribution in [2.45, 2.75) is 57.8 Å². The number of anilines is 2. The number of hydrogen-bond acceptors (Lipinski definition) is 9. The van der Waals surface area contributed by atoms with E-state index in [9.17, 15) is 27.2 Å². The van der Waals surface area contributed by atoms with E-state index in [1.54, 1.807) is 11.8 Å². The number of halogens is 7. The molecule has 3 aliphatic heterocycles. The number of ether oxygens (including phenoxy) is 1. The van der Waals surface area contributed by atoms with Gasteiger partial charge in [-0.2, -0.15) is 28.4 Å². The fourth-order valence-corrected chi connectivity index (χ4v) is 8.86. The number of alkyl halides is 5. The number of nitrogens with two attached hydrogens (primary N) is 1. The number of fused-ring (bicyclic) bond motifs is 4. The van der Waals surface area contributed by atoms with E-state index < -0.39 is 63.8 Å². The molecule has 2 bridgehead atoms. The Morgan fingerprint density at radius 3 is 2.50 bits per heavy atom. The molecule has 2 aromatic carbocycles. The maximum absolute atomic E-state index is 17.1. The van der Waals surface area contributed by atoms with E-state index in [-0.39, 0.29) is 57.0 Å². The average molecular weight is 722 g/mol. The van der Waals surface area contributed by atoms with Crippen LogP contribution in [0.4, 0.5) is 41.6 Å². The van der Waals surface area contributed by atoms with Crippen LogP contribution in [0.5, 0.6) is 6.01 Å². The van der Waals surface area contributed by atoms with Crippen molar-refractivity contribution < 1.29 is 35.5 Å². The molecule has 5 heterocycles. The Bertz CT molecular complexity index is 2000. The van der Waals surface area contributed by atoms with Crippen molar-refractivity contribution in [1.82, 2.24) is 20.2 Å². The lowest BCUT2D eigenvalue weighted by Crippen LogP contribution is -2.52. The van der Waals surface area contributed by atoms with Gasteiger partial charge in [-0.3, -0.25) is 0 Å². The molecule has 0 aliphatic carbocycles. The van der Waals surface area contributed by atoms with Gasteiger partial charge >= 0.3 is 12.2 Å². The van der Waals surface area contributed by atoms with Crippen LogP contribution < -0.4 is 20.7 Å². The molecule has 0 unspecified atom stereocenters. The van der Waals surface area contributed by atoms with Crippen LogP contribution in [0.1, 0.15) is 44.2 Å². The highest BCUT2D eigenvalue weighted by atomic mass is 32.1. The molecule has 3 saturated heterocycles. The molecule has 3 N–H and O–H groups in total. The second-order valence-electron chi connectivity index (χ2n) is 13.7. The molecular weight excluding hydrogens is 687 g/mol. The van der Waals surface area contributed by atoms with Gasteiger partial charge in [0.1, 0.15) is 28.2 Å². The molecule has 4 atom stereocenters. The summed E-state index contributed by atoms with van der Waals surface area (Å²) in [4.78, 5) is 12.5. The molecule has 266 valence electrons. The van der Waals surface area contributed by atoms with Gasteiger partial charge in [0, 0.05) is 69.7 Å². The Balaban J connectivity index is 1.44. The van der Waals surface area contributed by atoms with E-state index in [0.29, 0.717) is 38.8 Å². The summed E-state index contributed by atoms with van der Waals surface area (Å²) in [5, 5.41) is 12.7. The number of piperazine rings is 1. The third kappa shape index (κ3) is 5.86. The van der Waals surface area contributed by atoms with Gasteiger partial charge < -0.3 is 25.6 Å². The number of benzene rings is 2. The molecule has 7 rings (SSSR count). The summed E-state index contributed by atoms with van der Waals surface area (Å²) >= 11 is 0.867. The second-order valence-corrected chi connectivity index (χ2v) is 14.8. The molecule has 0 radical (unpaired) electrons. The first kappa shape index (κ1) is 34.5. The van der Waals surface area contributed by atoms with Crippen LogP contribution in [0.15, 0.2) is 18.2 Å². The predicted molar refractivity (Wildman–Crippen MR) is 176 cm³/mol. The third-order valence-corrected chi connectivity index (χ3v) is 11.4. The van der Waals surface area contributed by atoms with Gasteiger partial charge in [-0.15, -0.1) is 11.3 Å². The molecular formula is C34H34F7N7OS. The van der Waals surface area contributed by atoms with Crippen molar-refractivity contribution in [2.24, 2.45) is 11.3 Å². The summed E-state index contributed by atoms with van der Waals surface area (Å²) in [6.07, 6.45) is -5.92. The molecule has 4 aromatic rings. The monoisotopic (exact) mass is 721 g/mol. The van der Waals surface area contributed by atoms with E-state index >= 15 is 8.78 Å². The first-order valence-corrected chi connectivity index (χ1v) is 17.2. The summed E-state index contributed by atoms with van der Waals surface area (Å²) in [7, 11) is 0. The number of hydrogen-bond donors (Lipinski definition) is 2. The van der Waals surface area contributed by atoms with Crippen LogP contribution >= 0.6 is 11.3 Å². The van der Waals surface area contributed by atoms with Gasteiger partial charge in [-0.05, 0) is 50.6 Å². The zero-order chi connectivity index (χ0) is 35.7. The summed E-state index contributed by atoms with van der Waals surface area (Å²) in [6, 6.07) is 4.33. The number of nitrogens with one attached hydrogen (secondary N) is 1. The Hall–Kier alpha value is -3.94. The summed E-state index contributed by atoms with van der Waals surface area (Å²) in [5.41, 5.74) is 0.711. The van der Waals surface area contributed by atoms with Gasteiger partial charge in [-0.1, -0.05) is 13.8 Å². The maximum Gasteiger partial charge on any atom is 0.417 e. The Morgan fingerprint density at radius 1 is 1.14 bits per heavy atom. The standard InChI is InChI=1S/C34H34F7N7OS/c1-3-47-9-8-20(29(37)38)33(2,14-47)15-49-32-45-28-18(31(46-32)48-12-16-4-5-17(13-48)44-16)10-21(34(39,40)41)25(27(28)36)26-22(35)6-7-23-24(26)19(11-42)30(43)50-23/h6-7,10,16-17,20,29,44H,3-5,8-9,12-15,43H2,1-2H3/t16-,17+,20-,33+/m1/s1. The summed E-state index contributed by atoms with van der Waals surface area (Å²) < 4.78 is 112. The fourth-order valence-electron chi connectivity index (χ4n) is 7.93. The van der Waals surface area contributed by atoms with Gasteiger partial charge in [-0.25, -0.2) is 17.6 Å². The first-order valence-electron chi connectivity index (χ1n) is 16.4. The van der Waals surface area contributed by atoms with Gasteiger partial charge in [0.15, 0.2) is 5.82 Å². The van der Waals surface area contributed by atoms with Crippen LogP contribution in [-0.2, 0) is 6.18 Å². The average Bonchev–Trinajstić information content (AvgIpc) is 3.59. The molecule has 0 amide bonds. The van der Waals surface area contributed by atoms with Crippen molar-refractivity contribution in [2.75, 3.05) is 50.0 Å². The molecule has 2 aromatic heterocycles. The van der Waals surface area contributed by atoms with Crippen molar-refractivity contribution in [3.05, 3.63) is 41.0 Å². The number of likely N-dealkylation sites (tertiary alicyclic amines) is 1. The molecule has 3 aliphatic rings. The minimum atomic E-state index is -5.17. The number of thiophene rings is 1. The van der Waals surface area contributed by atoms with Gasteiger partial charge in [0.05, 0.1) is 17.7 Å². The second kappa shape index (κ2) is 12.7. The van der Waals surface area contributed by atoms with Crippen molar-refractivity contribution in [3.63, 3.8) is 0 Å². The Kier molecular flexibility index (Phi) is 8.75. The number of aromatic nitrogens is 2. The van der Waals surface area contributed by atoms with Crippen LogP contribution in [0.25, 0.3) is 32.1 Å². The summed E-state index contributed by atoms with van der Waals surface area (Å²) in [6.45, 7) is 5.47. The number of nitriles is 1. The molecule has 3 fully saturated rings. The quantitative estimate of drug-likeness (QED) is 0.194. The van der Waals surface area contributed by atoms with Gasteiger partial charge in [0.25, 0.3) is 0 Å². The predicted octanol–water partition coefficient (Wildman–Crippen LogP) is 7.19. The van der Waals surface area contributed by atoms with Crippen LogP contribution in [0.2, 0.25) is 0 Å². The molecule has 16 heteroatoms. The molecule has 8 nitrogen and oxygen atoms in total. The van der Waals surface area contributed by atoms with Crippen LogP contribution in [0.3, 0.4) is 0 Å². The minimum Gasteiger partial charge on any atom is -0.463 e. The number of nitrogen functional groups attached to an aromatic ring is 1. The van der Waals surface area contributed by atoms with Crippen molar-refractivity contribution in [3.8, 4) is 23.2 Å². The van der Waals surface area contributed by atoms with Crippen LogP contribution in [0, 0.1) is 34.3 Å². The molecule has 0 saturated carbocycles. The SMILES string of the molecule is CCN1CC[C@H](C(F)F)[C@](C)(COc2nc(N3C[C@H]4CC[C@@H](C3)N4)c3cc(C(F)(F)F)c(-c4c(F)ccc5sc(N)c(C#N)c45)c(F)c3n2)C1. The highest BCUT2D eigenvalue weighted by Gasteiger charge is 2.45. The largest absolute Gasteiger partial charge is 0.463 e. The van der Waals surface area contributed by atoms with E-state index in [2.05, 4.69) is 15.3 Å². The Labute approximate surface area is 287 Å². The van der Waals surface area contributed by atoms with E-state index in [1.165, 1.54) is 6.07 Å². The zero-order valence-corrected chi connectivity index (χ0v) is 28.0. The minimum absolute atomic E-state index is 0.00934. The fraction of sp³-hybridized carbons (Fsp3) is 0.500. The topological polar surface area (TPSA) is 103 Å². The number of rotatable bonds is 7. The maximum atomic E-state index is 17.1. The number of nitrogens with zero attached hydrogens (tertiary/aromatic N) is 5. The first-order chi connectivity index (χ1) is 23.7. The van der Waals surface area contributed by atoms with E-state index in [1.807, 2.05) is 17.9 Å². The van der Waals surface area contributed by atoms with Crippen molar-refractivity contribution >= 4 is 43.1 Å². The highest BCUT2D eigenvalue weighted by molar-refractivity contribution is 7.23. The third-order valence-electron chi connectivity index (χ3n) is 10.4. The lowest BCUT2D eigenvalue weighted by Gasteiger charge is -2.45. The normalized spacial score (nSPS) is 24.4. The highest BCUT2D eigenvalue weighted by Crippen LogP contribution is 2.49. The smallest absolute Gasteiger partial charge is 0.417 e. The lowest BCUT2D eigenvalue weighted by molar-refractivity contribution is -0.137. The Morgan fingerprint density at radius 2 is 1.86 bits per heavy atom. The molecule has 50 heavy (non-hydrogen) atoms. The number of piperidine rings is 1. The molecule has 0 spiro atoms. The van der Waals surface area contributed by atoms with E-state index in [0.717, 1.165) is 30.2 Å². The van der Waals surface area contributed by atoms with E-state index in [4.69, 9.17) is 10.5 Å². The van der Waals surface area contributed by atoms with Crippen molar-refractivity contribution in [1.29, 1.82) is 5.26 Å². The zero-order valence-electron chi connectivity index (χ0n) is 27.2. The summed E-state index contributed by atoms with van der Waals surface area (Å²) in [5.74, 6) is -3.70.